The number of H-pyrrole nitrogens is 1. The fourth-order valence-corrected chi connectivity index (χ4v) is 7.15. The number of ether oxygens (including phenoxy) is 1. The Morgan fingerprint density at radius 3 is 2.70 bits per heavy atom. The second-order valence-electron chi connectivity index (χ2n) is 11.8. The highest BCUT2D eigenvalue weighted by Crippen LogP contribution is 2.47. The highest BCUT2D eigenvalue weighted by molar-refractivity contribution is 6.20. The minimum Gasteiger partial charge on any atom is -0.477 e. The van der Waals surface area contributed by atoms with E-state index in [0.717, 1.165) is 30.5 Å². The number of carbonyl (C=O) groups is 2. The molecule has 0 unspecified atom stereocenters. The van der Waals surface area contributed by atoms with Gasteiger partial charge in [-0.05, 0) is 25.5 Å². The molecule has 238 valence electrons. The Labute approximate surface area is 264 Å². The molecule has 4 aromatic heterocycles. The van der Waals surface area contributed by atoms with Crippen LogP contribution in [0.3, 0.4) is 0 Å². The molecule has 1 aromatic carbocycles. The van der Waals surface area contributed by atoms with Gasteiger partial charge in [0.05, 0.1) is 33.1 Å². The highest BCUT2D eigenvalue weighted by atomic mass is 35.5. The van der Waals surface area contributed by atoms with Crippen molar-refractivity contribution in [3.63, 3.8) is 0 Å². The number of hydrogen-bond acceptors (Lipinski definition) is 8. The minimum atomic E-state index is -1.36. The lowest BCUT2D eigenvalue weighted by Gasteiger charge is -2.29. The number of aromatic carboxylic acids is 1. The number of alkyl halides is 1. The van der Waals surface area contributed by atoms with Crippen molar-refractivity contribution in [3.05, 3.63) is 58.1 Å². The Balaban J connectivity index is 1.55. The lowest BCUT2D eigenvalue weighted by Crippen LogP contribution is -2.35. The van der Waals surface area contributed by atoms with Gasteiger partial charge in [0.1, 0.15) is 16.9 Å². The SMILES string of the molecule is CN1C[C@H]2CCN(c3c(-c4cnc5c(c4)c(=O)c(C(=O)O)cn5C)cnc4[nH]c5c(N(C)C(=O)OCCl)cc(F)c(F)c5c34)[C@H]2C1. The summed E-state index contributed by atoms with van der Waals surface area (Å²) in [5.41, 5.74) is 1.10. The second-order valence-corrected chi connectivity index (χ2v) is 12.0. The molecule has 0 aliphatic carbocycles. The van der Waals surface area contributed by atoms with Crippen molar-refractivity contribution in [3.8, 4) is 11.1 Å². The van der Waals surface area contributed by atoms with E-state index in [2.05, 4.69) is 24.8 Å². The number of fused-ring (bicyclic) bond motifs is 5. The van der Waals surface area contributed by atoms with Crippen molar-refractivity contribution in [2.24, 2.45) is 13.0 Å². The number of pyridine rings is 3. The number of anilines is 2. The van der Waals surface area contributed by atoms with Crippen LogP contribution in [0.5, 0.6) is 0 Å². The van der Waals surface area contributed by atoms with Crippen LogP contribution in [0, 0.1) is 17.6 Å². The number of carboxylic acids is 1. The van der Waals surface area contributed by atoms with E-state index in [1.165, 1.54) is 17.8 Å². The molecule has 15 heteroatoms. The number of likely N-dealkylation sites (N-methyl/N-ethyl adjacent to an activating group) is 1. The van der Waals surface area contributed by atoms with Crippen LogP contribution < -0.4 is 15.2 Å². The van der Waals surface area contributed by atoms with Crippen molar-refractivity contribution in [1.82, 2.24) is 24.4 Å². The molecule has 0 spiro atoms. The number of nitrogens with zero attached hydrogens (tertiary/aromatic N) is 6. The fraction of sp³-hybridized carbons (Fsp3) is 0.323. The second kappa shape index (κ2) is 10.9. The molecule has 2 N–H and O–H groups in total. The Morgan fingerprint density at radius 1 is 1.17 bits per heavy atom. The summed E-state index contributed by atoms with van der Waals surface area (Å²) in [6.45, 7) is 2.24. The summed E-state index contributed by atoms with van der Waals surface area (Å²) in [5.74, 6) is -3.33. The molecule has 2 saturated heterocycles. The third-order valence-electron chi connectivity index (χ3n) is 9.13. The number of rotatable bonds is 5. The van der Waals surface area contributed by atoms with Crippen molar-refractivity contribution in [1.29, 1.82) is 0 Å². The molecule has 2 fully saturated rings. The molecule has 0 radical (unpaired) electrons. The molecule has 6 heterocycles. The van der Waals surface area contributed by atoms with Gasteiger partial charge in [-0.2, -0.15) is 0 Å². The molecular formula is C31H28ClF2N7O5. The number of benzene rings is 1. The molecule has 0 saturated carbocycles. The van der Waals surface area contributed by atoms with Crippen LogP contribution in [0.1, 0.15) is 16.8 Å². The third kappa shape index (κ3) is 4.46. The molecule has 5 aromatic rings. The van der Waals surface area contributed by atoms with Crippen LogP contribution in [-0.2, 0) is 11.8 Å². The molecule has 1 amide bonds. The van der Waals surface area contributed by atoms with Crippen LogP contribution >= 0.6 is 11.6 Å². The largest absolute Gasteiger partial charge is 0.477 e. The Kier molecular flexibility index (Phi) is 7.09. The number of aromatic nitrogens is 4. The standard InChI is InChI=1S/C31H28ClF2N7O5/c1-38-10-14-4-5-41(21(14)12-38)26-17(15-6-16-27(42)18(30(43)44)11-39(2)29(16)36-8-15)9-35-28-23(26)22-24(34)19(33)7-20(25(22)37-28)40(3)31(45)46-13-32/h6-9,11,14,21H,4-5,10,12-13H2,1-3H3,(H,35,37)(H,43,44)/t14-,21+/m1/s1. The van der Waals surface area contributed by atoms with E-state index >= 15 is 8.78 Å². The van der Waals surface area contributed by atoms with E-state index in [9.17, 15) is 19.5 Å². The molecule has 2 atom stereocenters. The first-order valence-electron chi connectivity index (χ1n) is 14.5. The van der Waals surface area contributed by atoms with Gasteiger partial charge in [0, 0.05) is 75.6 Å². The summed E-state index contributed by atoms with van der Waals surface area (Å²) in [5, 5.41) is 9.92. The van der Waals surface area contributed by atoms with E-state index in [-0.39, 0.29) is 39.3 Å². The summed E-state index contributed by atoms with van der Waals surface area (Å²) in [6.07, 6.45) is 4.35. The summed E-state index contributed by atoms with van der Waals surface area (Å²) < 4.78 is 37.7. The Bertz CT molecular complexity index is 2170. The Hall–Kier alpha value is -4.82. The van der Waals surface area contributed by atoms with Crippen molar-refractivity contribution in [2.75, 3.05) is 49.6 Å². The summed E-state index contributed by atoms with van der Waals surface area (Å²) in [6, 6.07) is 2.09. The fourth-order valence-electron chi connectivity index (χ4n) is 7.06. The lowest BCUT2D eigenvalue weighted by molar-refractivity contribution is 0.0694. The van der Waals surface area contributed by atoms with Crippen LogP contribution in [0.4, 0.5) is 25.0 Å². The molecule has 12 nitrogen and oxygen atoms in total. The van der Waals surface area contributed by atoms with Gasteiger partial charge in [0.25, 0.3) is 0 Å². The number of hydrogen-bond donors (Lipinski definition) is 2. The quantitative estimate of drug-likeness (QED) is 0.263. The number of aryl methyl sites for hydroxylation is 1. The minimum absolute atomic E-state index is 0.0199. The maximum Gasteiger partial charge on any atom is 0.415 e. The van der Waals surface area contributed by atoms with E-state index in [1.807, 2.05) is 7.05 Å². The van der Waals surface area contributed by atoms with Gasteiger partial charge in [0.15, 0.2) is 17.7 Å². The predicted octanol–water partition coefficient (Wildman–Crippen LogP) is 4.52. The number of amides is 1. The van der Waals surface area contributed by atoms with E-state index in [4.69, 9.17) is 16.3 Å². The number of halogens is 3. The maximum atomic E-state index is 16.0. The average molecular weight is 652 g/mol. The average Bonchev–Trinajstić information content (AvgIpc) is 3.72. The number of nitrogens with one attached hydrogen (secondary N) is 1. The summed E-state index contributed by atoms with van der Waals surface area (Å²) in [4.78, 5) is 55.3. The zero-order valence-electron chi connectivity index (χ0n) is 25.0. The van der Waals surface area contributed by atoms with Crippen LogP contribution in [0.25, 0.3) is 44.1 Å². The predicted molar refractivity (Wildman–Crippen MR) is 169 cm³/mol. The smallest absolute Gasteiger partial charge is 0.415 e. The first kappa shape index (κ1) is 29.9. The summed E-state index contributed by atoms with van der Waals surface area (Å²) >= 11 is 5.58. The van der Waals surface area contributed by atoms with Gasteiger partial charge in [-0.25, -0.2) is 28.3 Å². The third-order valence-corrected chi connectivity index (χ3v) is 9.24. The zero-order chi connectivity index (χ0) is 32.6. The van der Waals surface area contributed by atoms with Crippen LogP contribution in [0.2, 0.25) is 0 Å². The molecule has 7 rings (SSSR count). The van der Waals surface area contributed by atoms with Crippen molar-refractivity contribution in [2.45, 2.75) is 12.5 Å². The monoisotopic (exact) mass is 651 g/mol. The first-order chi connectivity index (χ1) is 22.0. The van der Waals surface area contributed by atoms with Gasteiger partial charge in [-0.1, -0.05) is 11.6 Å². The number of carbonyl (C=O) groups excluding carboxylic acids is 1. The first-order valence-corrected chi connectivity index (χ1v) is 15.0. The van der Waals surface area contributed by atoms with E-state index in [1.54, 1.807) is 25.5 Å². The van der Waals surface area contributed by atoms with E-state index < -0.39 is 40.8 Å². The molecule has 2 aliphatic rings. The van der Waals surface area contributed by atoms with Gasteiger partial charge in [-0.3, -0.25) is 9.69 Å². The van der Waals surface area contributed by atoms with Gasteiger partial charge < -0.3 is 29.2 Å². The number of likely N-dealkylation sites (tertiary alicyclic amines) is 1. The molecular weight excluding hydrogens is 624 g/mol. The van der Waals surface area contributed by atoms with Crippen LogP contribution in [-0.4, -0.2) is 87.4 Å². The molecule has 2 aliphatic heterocycles. The number of aromatic amines is 1. The Morgan fingerprint density at radius 2 is 1.96 bits per heavy atom. The number of carboxylic acid groups (broad SMARTS) is 1. The highest BCUT2D eigenvalue weighted by Gasteiger charge is 2.42. The lowest BCUT2D eigenvalue weighted by atomic mass is 9.99. The molecule has 46 heavy (non-hydrogen) atoms. The normalized spacial score (nSPS) is 18.2. The topological polar surface area (TPSA) is 137 Å². The zero-order valence-corrected chi connectivity index (χ0v) is 25.7. The van der Waals surface area contributed by atoms with Crippen molar-refractivity contribution >= 4 is 68.0 Å². The van der Waals surface area contributed by atoms with Gasteiger partial charge >= 0.3 is 12.1 Å². The molecule has 0 bridgehead atoms. The van der Waals surface area contributed by atoms with Crippen molar-refractivity contribution < 1.29 is 28.2 Å². The van der Waals surface area contributed by atoms with Gasteiger partial charge in [-0.15, -0.1) is 0 Å². The van der Waals surface area contributed by atoms with E-state index in [0.29, 0.717) is 34.7 Å². The van der Waals surface area contributed by atoms with Gasteiger partial charge in [0.2, 0.25) is 5.43 Å². The summed E-state index contributed by atoms with van der Waals surface area (Å²) in [7, 11) is 4.99. The maximum absolute atomic E-state index is 16.0. The van der Waals surface area contributed by atoms with Crippen LogP contribution in [0.15, 0.2) is 35.5 Å².